The summed E-state index contributed by atoms with van der Waals surface area (Å²) >= 11 is 3.51. The smallest absolute Gasteiger partial charge is 0.233 e. The van der Waals surface area contributed by atoms with Gasteiger partial charge in [0.05, 0.1) is 18.4 Å². The summed E-state index contributed by atoms with van der Waals surface area (Å²) in [5.74, 6) is -1.45. The van der Waals surface area contributed by atoms with Crippen LogP contribution in [0.2, 0.25) is 0 Å². The van der Waals surface area contributed by atoms with Crippen LogP contribution < -0.4 is 0 Å². The van der Waals surface area contributed by atoms with E-state index in [0.29, 0.717) is 13.0 Å². The fourth-order valence-electron chi connectivity index (χ4n) is 4.35. The molecular formula is C16H15BrFNO2. The Morgan fingerprint density at radius 2 is 1.81 bits per heavy atom. The topological polar surface area (TPSA) is 37.4 Å². The van der Waals surface area contributed by atoms with Gasteiger partial charge in [-0.05, 0) is 17.9 Å². The highest BCUT2D eigenvalue weighted by Gasteiger charge is 2.67. The largest absolute Gasteiger partial charge is 0.278 e. The van der Waals surface area contributed by atoms with Gasteiger partial charge in [-0.3, -0.25) is 14.5 Å². The van der Waals surface area contributed by atoms with Crippen LogP contribution >= 0.6 is 15.9 Å². The number of hydrogen-bond acceptors (Lipinski definition) is 2. The van der Waals surface area contributed by atoms with E-state index in [0.717, 1.165) is 5.56 Å². The highest BCUT2D eigenvalue weighted by atomic mass is 79.9. The molecule has 1 aliphatic heterocycles. The standard InChI is InChI=1S/C16H15BrFNO2/c17-14-9-6-10(18)12(14)13-11(9)15(20)19(16(13)21)7-8-4-2-1-3-5-8/h1-5,9-14H,6-7H2/t9-,10-,11?,12+,13?,14?/m1/s1. The maximum absolute atomic E-state index is 14.0. The molecule has 4 rings (SSSR count). The Morgan fingerprint density at radius 1 is 1.14 bits per heavy atom. The molecule has 5 heteroatoms. The molecule has 0 N–H and O–H groups in total. The van der Waals surface area contributed by atoms with Crippen LogP contribution in [0.3, 0.4) is 0 Å². The van der Waals surface area contributed by atoms with Crippen LogP contribution in [-0.2, 0) is 16.1 Å². The summed E-state index contributed by atoms with van der Waals surface area (Å²) in [4.78, 5) is 26.5. The monoisotopic (exact) mass is 351 g/mol. The molecule has 6 atom stereocenters. The molecule has 2 amide bonds. The molecule has 3 aliphatic rings. The quantitative estimate of drug-likeness (QED) is 0.606. The van der Waals surface area contributed by atoms with Crippen molar-refractivity contribution in [2.24, 2.45) is 23.7 Å². The van der Waals surface area contributed by atoms with Crippen molar-refractivity contribution in [3.05, 3.63) is 35.9 Å². The molecular weight excluding hydrogens is 337 g/mol. The first-order chi connectivity index (χ1) is 10.1. The summed E-state index contributed by atoms with van der Waals surface area (Å²) in [7, 11) is 0. The zero-order valence-corrected chi connectivity index (χ0v) is 12.9. The summed E-state index contributed by atoms with van der Waals surface area (Å²) in [6.45, 7) is 0.300. The van der Waals surface area contributed by atoms with Crippen molar-refractivity contribution in [3.8, 4) is 0 Å². The van der Waals surface area contributed by atoms with Crippen molar-refractivity contribution in [3.63, 3.8) is 0 Å². The second-order valence-corrected chi connectivity index (χ2v) is 7.29. The first-order valence-electron chi connectivity index (χ1n) is 7.27. The van der Waals surface area contributed by atoms with Gasteiger partial charge >= 0.3 is 0 Å². The van der Waals surface area contributed by atoms with Gasteiger partial charge in [0.25, 0.3) is 0 Å². The number of nitrogens with zero attached hydrogens (tertiary/aromatic N) is 1. The van der Waals surface area contributed by atoms with Crippen LogP contribution in [0.15, 0.2) is 30.3 Å². The number of amides is 2. The van der Waals surface area contributed by atoms with Gasteiger partial charge in [-0.1, -0.05) is 46.3 Å². The Balaban J connectivity index is 1.63. The number of likely N-dealkylation sites (tertiary alicyclic amines) is 1. The Kier molecular flexibility index (Phi) is 2.96. The van der Waals surface area contributed by atoms with Gasteiger partial charge < -0.3 is 0 Å². The maximum atomic E-state index is 14.0. The number of fused-ring (bicyclic) bond motifs is 5. The summed E-state index contributed by atoms with van der Waals surface area (Å²) in [5.41, 5.74) is 0.929. The summed E-state index contributed by atoms with van der Waals surface area (Å²) < 4.78 is 14.0. The fourth-order valence-corrected chi connectivity index (χ4v) is 5.56. The van der Waals surface area contributed by atoms with E-state index in [1.54, 1.807) is 0 Å². The number of benzene rings is 1. The number of carbonyl (C=O) groups excluding carboxylic acids is 2. The van der Waals surface area contributed by atoms with Gasteiger partial charge in [0.2, 0.25) is 11.8 Å². The Morgan fingerprint density at radius 3 is 2.52 bits per heavy atom. The Bertz CT molecular complexity index is 608. The highest BCUT2D eigenvalue weighted by Crippen LogP contribution is 2.59. The van der Waals surface area contributed by atoms with Gasteiger partial charge in [0.1, 0.15) is 6.17 Å². The molecule has 0 radical (unpaired) electrons. The van der Waals surface area contributed by atoms with E-state index in [4.69, 9.17) is 0 Å². The Hall–Kier alpha value is -1.23. The van der Waals surface area contributed by atoms with E-state index in [1.165, 1.54) is 4.90 Å². The van der Waals surface area contributed by atoms with E-state index in [1.807, 2.05) is 30.3 Å². The summed E-state index contributed by atoms with van der Waals surface area (Å²) in [5, 5.41) is 0. The van der Waals surface area contributed by atoms with Crippen LogP contribution in [-0.4, -0.2) is 27.7 Å². The van der Waals surface area contributed by atoms with Crippen LogP contribution in [0.5, 0.6) is 0 Å². The van der Waals surface area contributed by atoms with Gasteiger partial charge in [0, 0.05) is 10.7 Å². The van der Waals surface area contributed by atoms with Crippen molar-refractivity contribution >= 4 is 27.7 Å². The van der Waals surface area contributed by atoms with Gasteiger partial charge in [-0.15, -0.1) is 0 Å². The summed E-state index contributed by atoms with van der Waals surface area (Å²) in [6.07, 6.45) is -0.561. The van der Waals surface area contributed by atoms with Crippen molar-refractivity contribution in [2.45, 2.75) is 24.0 Å². The molecule has 2 aliphatic carbocycles. The molecule has 0 spiro atoms. The lowest BCUT2D eigenvalue weighted by molar-refractivity contribution is -0.141. The molecule has 3 nitrogen and oxygen atoms in total. The number of halogens is 2. The van der Waals surface area contributed by atoms with Crippen LogP contribution in [0, 0.1) is 23.7 Å². The van der Waals surface area contributed by atoms with Gasteiger partial charge in [-0.2, -0.15) is 0 Å². The van der Waals surface area contributed by atoms with E-state index in [9.17, 15) is 14.0 Å². The zero-order chi connectivity index (χ0) is 14.7. The molecule has 2 bridgehead atoms. The van der Waals surface area contributed by atoms with Gasteiger partial charge in [0.15, 0.2) is 0 Å². The van der Waals surface area contributed by atoms with Crippen LogP contribution in [0.25, 0.3) is 0 Å². The Labute approximate surface area is 130 Å². The number of alkyl halides is 2. The third-order valence-corrected chi connectivity index (χ3v) is 6.53. The van der Waals surface area contributed by atoms with Crippen molar-refractivity contribution in [1.82, 2.24) is 4.90 Å². The number of hydrogen-bond donors (Lipinski definition) is 0. The SMILES string of the molecule is O=C1C2C(C(=O)N1Cc1ccccc1)[C@H]1C(Br)[C@@H]2C[C@H]1F. The van der Waals surface area contributed by atoms with E-state index < -0.39 is 12.1 Å². The van der Waals surface area contributed by atoms with E-state index >= 15 is 0 Å². The minimum atomic E-state index is -0.964. The predicted molar refractivity (Wildman–Crippen MR) is 78.2 cm³/mol. The average Bonchev–Trinajstić information content (AvgIpc) is 3.01. The molecule has 1 aromatic carbocycles. The molecule has 1 heterocycles. The zero-order valence-electron chi connectivity index (χ0n) is 11.3. The summed E-state index contributed by atoms with van der Waals surface area (Å²) in [6, 6.07) is 9.46. The molecule has 21 heavy (non-hydrogen) atoms. The third kappa shape index (κ3) is 1.76. The molecule has 3 unspecified atom stereocenters. The number of carbonyl (C=O) groups is 2. The van der Waals surface area contributed by atoms with E-state index in [2.05, 4.69) is 15.9 Å². The second-order valence-electron chi connectivity index (χ2n) is 6.24. The number of rotatable bonds is 2. The molecule has 0 aromatic heterocycles. The first-order valence-corrected chi connectivity index (χ1v) is 8.18. The third-order valence-electron chi connectivity index (χ3n) is 5.24. The lowest BCUT2D eigenvalue weighted by Gasteiger charge is -2.22. The second kappa shape index (κ2) is 4.63. The maximum Gasteiger partial charge on any atom is 0.233 e. The minimum Gasteiger partial charge on any atom is -0.278 e. The fraction of sp³-hybridized carbons (Fsp3) is 0.500. The van der Waals surface area contributed by atoms with Crippen molar-refractivity contribution in [1.29, 1.82) is 0 Å². The normalized spacial score (nSPS) is 41.0. The average molecular weight is 352 g/mol. The highest BCUT2D eigenvalue weighted by molar-refractivity contribution is 9.09. The van der Waals surface area contributed by atoms with Crippen molar-refractivity contribution in [2.75, 3.05) is 0 Å². The number of imide groups is 1. The first kappa shape index (κ1) is 13.4. The molecule has 2 saturated carbocycles. The van der Waals surface area contributed by atoms with Crippen LogP contribution in [0.1, 0.15) is 12.0 Å². The predicted octanol–water partition coefficient (Wildman–Crippen LogP) is 2.54. The lowest BCUT2D eigenvalue weighted by Crippen LogP contribution is -2.34. The van der Waals surface area contributed by atoms with Crippen molar-refractivity contribution < 1.29 is 14.0 Å². The molecule has 110 valence electrons. The van der Waals surface area contributed by atoms with Crippen LogP contribution in [0.4, 0.5) is 4.39 Å². The van der Waals surface area contributed by atoms with E-state index in [-0.39, 0.29) is 34.4 Å². The molecule has 1 aromatic rings. The molecule has 1 saturated heterocycles. The lowest BCUT2D eigenvalue weighted by atomic mass is 9.80. The molecule has 3 fully saturated rings. The van der Waals surface area contributed by atoms with Gasteiger partial charge in [-0.25, -0.2) is 4.39 Å². The minimum absolute atomic E-state index is 0.0331.